The second-order valence-electron chi connectivity index (χ2n) is 7.22. The van der Waals surface area contributed by atoms with Crippen molar-refractivity contribution in [3.63, 3.8) is 0 Å². The average molecular weight is 409 g/mol. The van der Waals surface area contributed by atoms with Gasteiger partial charge in [-0.2, -0.15) is 0 Å². The predicted molar refractivity (Wildman–Crippen MR) is 97.6 cm³/mol. The van der Waals surface area contributed by atoms with E-state index in [4.69, 9.17) is 4.74 Å². The molecule has 0 aliphatic carbocycles. The van der Waals surface area contributed by atoms with Crippen LogP contribution in [0.15, 0.2) is 22.7 Å². The lowest BCUT2D eigenvalue weighted by atomic mass is 10.0. The molecule has 0 bridgehead atoms. The van der Waals surface area contributed by atoms with Crippen LogP contribution in [0.25, 0.3) is 10.9 Å². The third-order valence-electron chi connectivity index (χ3n) is 4.16. The topological polar surface area (TPSA) is 71.8 Å². The molecule has 1 aromatic heterocycles. The molecule has 2 aromatic rings. The van der Waals surface area contributed by atoms with Crippen molar-refractivity contribution in [1.29, 1.82) is 0 Å². The molecule has 0 saturated carbocycles. The molecular formula is C18H21BrN2O4. The number of hydrogen-bond acceptors (Lipinski definition) is 3. The number of aliphatic carboxylic acids is 1. The highest BCUT2D eigenvalue weighted by Gasteiger charge is 2.29. The zero-order chi connectivity index (χ0) is 18.4. The van der Waals surface area contributed by atoms with Crippen LogP contribution in [0.2, 0.25) is 0 Å². The van der Waals surface area contributed by atoms with E-state index in [0.29, 0.717) is 19.5 Å². The second kappa shape index (κ2) is 6.37. The molecule has 2 heterocycles. The van der Waals surface area contributed by atoms with Crippen molar-refractivity contribution in [3.05, 3.63) is 33.9 Å². The van der Waals surface area contributed by atoms with Crippen LogP contribution >= 0.6 is 15.9 Å². The average Bonchev–Trinajstić information content (AvgIpc) is 2.78. The van der Waals surface area contributed by atoms with Gasteiger partial charge in [-0.25, -0.2) is 4.79 Å². The molecule has 6 nitrogen and oxygen atoms in total. The highest BCUT2D eigenvalue weighted by atomic mass is 79.9. The van der Waals surface area contributed by atoms with Crippen LogP contribution in [0.5, 0.6) is 0 Å². The van der Waals surface area contributed by atoms with E-state index in [0.717, 1.165) is 26.6 Å². The molecule has 1 aromatic carbocycles. The number of carboxylic acid groups (broad SMARTS) is 1. The number of halogens is 1. The van der Waals surface area contributed by atoms with Crippen molar-refractivity contribution in [1.82, 2.24) is 9.47 Å². The maximum absolute atomic E-state index is 12.4. The molecule has 1 N–H and O–H groups in total. The van der Waals surface area contributed by atoms with Crippen LogP contribution in [0, 0.1) is 0 Å². The van der Waals surface area contributed by atoms with Gasteiger partial charge in [0, 0.05) is 39.6 Å². The number of hydrogen-bond donors (Lipinski definition) is 1. The summed E-state index contributed by atoms with van der Waals surface area (Å²) in [6, 6.07) is 5.79. The lowest BCUT2D eigenvalue weighted by Gasteiger charge is -2.30. The molecule has 1 aliphatic heterocycles. The zero-order valence-electron chi connectivity index (χ0n) is 14.5. The number of benzene rings is 1. The van der Waals surface area contributed by atoms with Gasteiger partial charge >= 0.3 is 12.1 Å². The van der Waals surface area contributed by atoms with E-state index in [9.17, 15) is 14.7 Å². The van der Waals surface area contributed by atoms with Gasteiger partial charge in [-0.3, -0.25) is 4.79 Å². The molecule has 0 unspecified atom stereocenters. The van der Waals surface area contributed by atoms with Crippen LogP contribution in [0.1, 0.15) is 32.0 Å². The van der Waals surface area contributed by atoms with Gasteiger partial charge in [-0.05, 0) is 39.0 Å². The SMILES string of the molecule is CC(C)(C)OC(=O)N1CCc2c(c3cc(Br)ccc3n2CC(=O)O)C1. The lowest BCUT2D eigenvalue weighted by molar-refractivity contribution is -0.137. The van der Waals surface area contributed by atoms with E-state index in [1.807, 2.05) is 43.5 Å². The quantitative estimate of drug-likeness (QED) is 0.820. The number of nitrogens with zero attached hydrogens (tertiary/aromatic N) is 2. The fourth-order valence-electron chi connectivity index (χ4n) is 3.22. The van der Waals surface area contributed by atoms with Gasteiger partial charge in [0.25, 0.3) is 0 Å². The highest BCUT2D eigenvalue weighted by Crippen LogP contribution is 2.33. The number of rotatable bonds is 2. The van der Waals surface area contributed by atoms with Gasteiger partial charge in [0.1, 0.15) is 12.1 Å². The number of carbonyl (C=O) groups excluding carboxylic acids is 1. The van der Waals surface area contributed by atoms with Crippen LogP contribution in [-0.4, -0.2) is 38.8 Å². The lowest BCUT2D eigenvalue weighted by Crippen LogP contribution is -2.40. The molecule has 0 saturated heterocycles. The number of carbonyl (C=O) groups is 2. The Labute approximate surface area is 154 Å². The number of aromatic nitrogens is 1. The minimum absolute atomic E-state index is 0.0834. The first kappa shape index (κ1) is 17.8. The Hall–Kier alpha value is -2.02. The molecule has 3 rings (SSSR count). The first-order chi connectivity index (χ1) is 11.7. The van der Waals surface area contributed by atoms with E-state index in [-0.39, 0.29) is 12.6 Å². The molecule has 0 radical (unpaired) electrons. The molecular weight excluding hydrogens is 388 g/mol. The highest BCUT2D eigenvalue weighted by molar-refractivity contribution is 9.10. The maximum Gasteiger partial charge on any atom is 0.410 e. The third-order valence-corrected chi connectivity index (χ3v) is 4.65. The van der Waals surface area contributed by atoms with Crippen molar-refractivity contribution in [3.8, 4) is 0 Å². The van der Waals surface area contributed by atoms with Gasteiger partial charge < -0.3 is 19.3 Å². The van der Waals surface area contributed by atoms with E-state index in [2.05, 4.69) is 15.9 Å². The Balaban J connectivity index is 2.01. The van der Waals surface area contributed by atoms with Gasteiger partial charge in [-0.15, -0.1) is 0 Å². The minimum Gasteiger partial charge on any atom is -0.480 e. The van der Waals surface area contributed by atoms with E-state index in [1.165, 1.54) is 0 Å². The fraction of sp³-hybridized carbons (Fsp3) is 0.444. The molecule has 134 valence electrons. The Morgan fingerprint density at radius 3 is 2.68 bits per heavy atom. The third kappa shape index (κ3) is 3.66. The molecule has 0 atom stereocenters. The number of ether oxygens (including phenoxy) is 1. The summed E-state index contributed by atoms with van der Waals surface area (Å²) >= 11 is 3.47. The molecule has 0 spiro atoms. The van der Waals surface area contributed by atoms with Crippen molar-refractivity contribution in [2.75, 3.05) is 6.54 Å². The summed E-state index contributed by atoms with van der Waals surface area (Å²) in [5, 5.41) is 10.2. The summed E-state index contributed by atoms with van der Waals surface area (Å²) in [4.78, 5) is 25.4. The Kier molecular flexibility index (Phi) is 4.53. The number of fused-ring (bicyclic) bond motifs is 3. The molecule has 1 amide bonds. The van der Waals surface area contributed by atoms with Gasteiger partial charge in [0.15, 0.2) is 0 Å². The first-order valence-corrected chi connectivity index (χ1v) is 8.94. The van der Waals surface area contributed by atoms with Crippen molar-refractivity contribution in [2.45, 2.75) is 45.9 Å². The number of carboxylic acids is 1. The summed E-state index contributed by atoms with van der Waals surface area (Å²) in [6.07, 6.45) is 0.265. The van der Waals surface area contributed by atoms with Gasteiger partial charge in [0.2, 0.25) is 0 Å². The van der Waals surface area contributed by atoms with Crippen LogP contribution < -0.4 is 0 Å². The van der Waals surface area contributed by atoms with Crippen LogP contribution in [0.3, 0.4) is 0 Å². The van der Waals surface area contributed by atoms with Crippen molar-refractivity contribution < 1.29 is 19.4 Å². The first-order valence-electron chi connectivity index (χ1n) is 8.15. The normalized spacial score (nSPS) is 14.5. The molecule has 25 heavy (non-hydrogen) atoms. The van der Waals surface area contributed by atoms with Crippen molar-refractivity contribution >= 4 is 38.9 Å². The Bertz CT molecular complexity index is 851. The minimum atomic E-state index is -0.878. The predicted octanol–water partition coefficient (Wildman–Crippen LogP) is 3.78. The number of amides is 1. The summed E-state index contributed by atoms with van der Waals surface area (Å²) in [6.45, 7) is 6.38. The van der Waals surface area contributed by atoms with E-state index >= 15 is 0 Å². The molecule has 7 heteroatoms. The summed E-state index contributed by atoms with van der Waals surface area (Å²) < 4.78 is 8.24. The Morgan fingerprint density at radius 1 is 1.32 bits per heavy atom. The van der Waals surface area contributed by atoms with Crippen LogP contribution in [-0.2, 0) is 29.0 Å². The standard InChI is InChI=1S/C18H21BrN2O4/c1-18(2,3)25-17(24)20-7-6-15-13(9-20)12-8-11(19)4-5-14(12)21(15)10-16(22)23/h4-5,8H,6-7,9-10H2,1-3H3,(H,22,23). The maximum atomic E-state index is 12.4. The van der Waals surface area contributed by atoms with Crippen molar-refractivity contribution in [2.24, 2.45) is 0 Å². The summed E-state index contributed by atoms with van der Waals surface area (Å²) in [7, 11) is 0. The van der Waals surface area contributed by atoms with Gasteiger partial charge in [0.05, 0.1) is 6.54 Å². The summed E-state index contributed by atoms with van der Waals surface area (Å²) in [5.41, 5.74) is 2.31. The Morgan fingerprint density at radius 2 is 2.04 bits per heavy atom. The van der Waals surface area contributed by atoms with E-state index < -0.39 is 11.6 Å². The summed E-state index contributed by atoms with van der Waals surface area (Å²) in [5.74, 6) is -0.878. The molecule has 1 aliphatic rings. The smallest absolute Gasteiger partial charge is 0.410 e. The van der Waals surface area contributed by atoms with E-state index in [1.54, 1.807) is 4.90 Å². The molecule has 0 fully saturated rings. The fourth-order valence-corrected chi connectivity index (χ4v) is 3.58. The second-order valence-corrected chi connectivity index (χ2v) is 8.13. The zero-order valence-corrected chi connectivity index (χ0v) is 16.1. The largest absolute Gasteiger partial charge is 0.480 e. The van der Waals surface area contributed by atoms with Gasteiger partial charge in [-0.1, -0.05) is 15.9 Å². The monoisotopic (exact) mass is 408 g/mol. The van der Waals surface area contributed by atoms with Crippen LogP contribution in [0.4, 0.5) is 4.79 Å².